The van der Waals surface area contributed by atoms with Crippen LogP contribution in [-0.4, -0.2) is 37.1 Å². The Morgan fingerprint density at radius 2 is 1.95 bits per heavy atom. The lowest BCUT2D eigenvalue weighted by Crippen LogP contribution is -2.49. The fraction of sp³-hybridized carbons (Fsp3) is 0.385. The summed E-state index contributed by atoms with van der Waals surface area (Å²) < 4.78 is 5.02. The second-order valence-electron chi connectivity index (χ2n) is 4.05. The summed E-state index contributed by atoms with van der Waals surface area (Å²) >= 11 is 0. The van der Waals surface area contributed by atoms with Crippen LogP contribution in [0, 0.1) is 0 Å². The number of hydrogen-bond acceptors (Lipinski definition) is 4. The summed E-state index contributed by atoms with van der Waals surface area (Å²) in [5, 5.41) is 3.77. The maximum Gasteiger partial charge on any atom is 0.408 e. The Balaban J connectivity index is 2.37. The molecule has 0 unspecified atom stereocenters. The van der Waals surface area contributed by atoms with E-state index in [1.807, 2.05) is 30.3 Å². The molecule has 0 spiro atoms. The van der Waals surface area contributed by atoms with Gasteiger partial charge in [-0.3, -0.25) is 9.80 Å². The predicted molar refractivity (Wildman–Crippen MR) is 71.1 cm³/mol. The van der Waals surface area contributed by atoms with E-state index in [9.17, 15) is 9.59 Å². The van der Waals surface area contributed by atoms with Gasteiger partial charge in [-0.2, -0.15) is 0 Å². The van der Waals surface area contributed by atoms with E-state index in [4.69, 9.17) is 4.74 Å². The molecule has 0 saturated heterocycles. The molecule has 19 heavy (non-hydrogen) atoms. The standard InChI is InChI=1S/C13H19N3O3/c1-10(12(17)16(3)14-2)15-13(18)19-9-11-7-5-4-6-8-11/h4-8,10,14H,9H2,1-3H3,(H,15,18)/t10-/m0/s1. The first-order valence-electron chi connectivity index (χ1n) is 5.96. The zero-order valence-electron chi connectivity index (χ0n) is 11.3. The van der Waals surface area contributed by atoms with E-state index in [2.05, 4.69) is 10.7 Å². The van der Waals surface area contributed by atoms with Gasteiger partial charge < -0.3 is 10.1 Å². The molecule has 0 heterocycles. The van der Waals surface area contributed by atoms with Gasteiger partial charge in [0, 0.05) is 14.1 Å². The number of hydrogen-bond donors (Lipinski definition) is 2. The Morgan fingerprint density at radius 1 is 1.32 bits per heavy atom. The summed E-state index contributed by atoms with van der Waals surface area (Å²) in [6.07, 6.45) is -0.616. The first-order chi connectivity index (χ1) is 9.04. The van der Waals surface area contributed by atoms with E-state index in [0.717, 1.165) is 5.56 Å². The fourth-order valence-corrected chi connectivity index (χ4v) is 1.40. The smallest absolute Gasteiger partial charge is 0.408 e. The fourth-order valence-electron chi connectivity index (χ4n) is 1.40. The highest BCUT2D eigenvalue weighted by atomic mass is 16.5. The van der Waals surface area contributed by atoms with Gasteiger partial charge >= 0.3 is 6.09 Å². The van der Waals surface area contributed by atoms with Crippen molar-refractivity contribution in [2.45, 2.75) is 19.6 Å². The van der Waals surface area contributed by atoms with E-state index in [-0.39, 0.29) is 12.5 Å². The molecule has 2 amide bonds. The molecule has 1 rings (SSSR count). The third-order valence-electron chi connectivity index (χ3n) is 2.58. The zero-order chi connectivity index (χ0) is 14.3. The Morgan fingerprint density at radius 3 is 2.53 bits per heavy atom. The van der Waals surface area contributed by atoms with Gasteiger partial charge in [0.1, 0.15) is 12.6 Å². The number of likely N-dealkylation sites (N-methyl/N-ethyl adjacent to an activating group) is 1. The highest BCUT2D eigenvalue weighted by molar-refractivity contribution is 5.84. The number of ether oxygens (including phenoxy) is 1. The maximum absolute atomic E-state index is 11.7. The van der Waals surface area contributed by atoms with Crippen LogP contribution in [0.5, 0.6) is 0 Å². The minimum atomic E-state index is -0.652. The first-order valence-corrected chi connectivity index (χ1v) is 5.96. The monoisotopic (exact) mass is 265 g/mol. The van der Waals surface area contributed by atoms with Crippen LogP contribution in [0.15, 0.2) is 30.3 Å². The number of nitrogens with zero attached hydrogens (tertiary/aromatic N) is 1. The lowest BCUT2D eigenvalue weighted by Gasteiger charge is -2.20. The minimum absolute atomic E-state index is 0.176. The number of rotatable bonds is 5. The van der Waals surface area contributed by atoms with Crippen LogP contribution in [0.4, 0.5) is 4.79 Å². The predicted octanol–water partition coefficient (Wildman–Crippen LogP) is 0.894. The molecule has 0 aliphatic heterocycles. The number of nitrogens with one attached hydrogen (secondary N) is 2. The van der Waals surface area contributed by atoms with Crippen molar-refractivity contribution in [3.63, 3.8) is 0 Å². The van der Waals surface area contributed by atoms with E-state index in [0.29, 0.717) is 0 Å². The number of amides is 2. The molecule has 0 bridgehead atoms. The third-order valence-corrected chi connectivity index (χ3v) is 2.58. The van der Waals surface area contributed by atoms with Crippen molar-refractivity contribution < 1.29 is 14.3 Å². The van der Waals surface area contributed by atoms with Crippen LogP contribution in [-0.2, 0) is 16.1 Å². The van der Waals surface area contributed by atoms with Crippen molar-refractivity contribution in [2.75, 3.05) is 14.1 Å². The van der Waals surface area contributed by atoms with Crippen molar-refractivity contribution >= 4 is 12.0 Å². The highest BCUT2D eigenvalue weighted by Gasteiger charge is 2.19. The number of carbonyl (C=O) groups excluding carboxylic acids is 2. The first kappa shape index (κ1) is 15.0. The van der Waals surface area contributed by atoms with Gasteiger partial charge in [0.15, 0.2) is 0 Å². The molecule has 0 saturated carbocycles. The van der Waals surface area contributed by atoms with E-state index in [1.165, 1.54) is 5.01 Å². The van der Waals surface area contributed by atoms with Crippen LogP contribution in [0.3, 0.4) is 0 Å². The van der Waals surface area contributed by atoms with E-state index < -0.39 is 12.1 Å². The number of alkyl carbamates (subject to hydrolysis) is 1. The summed E-state index contributed by atoms with van der Waals surface area (Å²) in [4.78, 5) is 23.2. The molecule has 0 radical (unpaired) electrons. The van der Waals surface area contributed by atoms with Crippen molar-refractivity contribution in [1.29, 1.82) is 0 Å². The average Bonchev–Trinajstić information content (AvgIpc) is 2.44. The Labute approximate surface area is 112 Å². The molecular weight excluding hydrogens is 246 g/mol. The van der Waals surface area contributed by atoms with Crippen molar-refractivity contribution in [3.05, 3.63) is 35.9 Å². The molecule has 1 atom stereocenters. The molecule has 6 nitrogen and oxygen atoms in total. The number of benzene rings is 1. The van der Waals surface area contributed by atoms with Crippen LogP contribution in [0.2, 0.25) is 0 Å². The second kappa shape index (κ2) is 7.38. The lowest BCUT2D eigenvalue weighted by molar-refractivity contribution is -0.134. The topological polar surface area (TPSA) is 70.7 Å². The zero-order valence-corrected chi connectivity index (χ0v) is 11.3. The molecular formula is C13H19N3O3. The molecule has 1 aromatic carbocycles. The Kier molecular flexibility index (Phi) is 5.81. The van der Waals surface area contributed by atoms with Gasteiger partial charge in [-0.1, -0.05) is 30.3 Å². The van der Waals surface area contributed by atoms with Crippen molar-refractivity contribution in [3.8, 4) is 0 Å². The summed E-state index contributed by atoms with van der Waals surface area (Å²) in [6, 6.07) is 8.68. The summed E-state index contributed by atoms with van der Waals surface area (Å²) in [6.45, 7) is 1.77. The van der Waals surface area contributed by atoms with E-state index >= 15 is 0 Å². The third kappa shape index (κ3) is 4.97. The summed E-state index contributed by atoms with van der Waals surface area (Å²) in [5.41, 5.74) is 3.56. The highest BCUT2D eigenvalue weighted by Crippen LogP contribution is 2.00. The Hall–Kier alpha value is -2.08. The van der Waals surface area contributed by atoms with E-state index in [1.54, 1.807) is 21.0 Å². The minimum Gasteiger partial charge on any atom is -0.445 e. The van der Waals surface area contributed by atoms with Gasteiger partial charge in [0.05, 0.1) is 0 Å². The quantitative estimate of drug-likeness (QED) is 0.776. The molecule has 0 fully saturated rings. The van der Waals surface area contributed by atoms with Crippen LogP contribution < -0.4 is 10.7 Å². The normalized spacial score (nSPS) is 11.5. The van der Waals surface area contributed by atoms with Crippen molar-refractivity contribution in [2.24, 2.45) is 0 Å². The largest absolute Gasteiger partial charge is 0.445 e. The van der Waals surface area contributed by atoms with Gasteiger partial charge in [-0.05, 0) is 12.5 Å². The van der Waals surface area contributed by atoms with Gasteiger partial charge in [0.25, 0.3) is 5.91 Å². The second-order valence-corrected chi connectivity index (χ2v) is 4.05. The molecule has 0 aliphatic carbocycles. The number of carbonyl (C=O) groups is 2. The molecule has 0 aromatic heterocycles. The summed E-state index contributed by atoms with van der Waals surface area (Å²) in [7, 11) is 3.20. The lowest BCUT2D eigenvalue weighted by atomic mass is 10.2. The molecule has 2 N–H and O–H groups in total. The van der Waals surface area contributed by atoms with Crippen LogP contribution in [0.1, 0.15) is 12.5 Å². The SMILES string of the molecule is CNN(C)C(=O)[C@H](C)NC(=O)OCc1ccccc1. The molecule has 1 aromatic rings. The van der Waals surface area contributed by atoms with Gasteiger partial charge in [0.2, 0.25) is 0 Å². The molecule has 6 heteroatoms. The number of hydrazine groups is 1. The van der Waals surface area contributed by atoms with Crippen molar-refractivity contribution in [1.82, 2.24) is 15.8 Å². The maximum atomic E-state index is 11.7. The Bertz CT molecular complexity index is 422. The average molecular weight is 265 g/mol. The molecule has 0 aliphatic rings. The van der Waals surface area contributed by atoms with Gasteiger partial charge in [-0.25, -0.2) is 10.2 Å². The summed E-state index contributed by atoms with van der Waals surface area (Å²) in [5.74, 6) is -0.251. The van der Waals surface area contributed by atoms with Gasteiger partial charge in [-0.15, -0.1) is 0 Å². The molecule has 104 valence electrons. The van der Waals surface area contributed by atoms with Crippen LogP contribution >= 0.6 is 0 Å². The van der Waals surface area contributed by atoms with Crippen LogP contribution in [0.25, 0.3) is 0 Å².